The predicted molar refractivity (Wildman–Crippen MR) is 74.2 cm³/mol. The first-order valence-corrected chi connectivity index (χ1v) is 6.30. The number of halogens is 1. The van der Waals surface area contributed by atoms with Gasteiger partial charge in [-0.2, -0.15) is 4.98 Å². The van der Waals surface area contributed by atoms with Gasteiger partial charge in [0.2, 0.25) is 5.88 Å². The molecule has 1 heterocycles. The zero-order valence-corrected chi connectivity index (χ0v) is 12.2. The Labute approximate surface area is 122 Å². The Bertz CT molecular complexity index is 663. The van der Waals surface area contributed by atoms with Crippen LogP contribution in [0.15, 0.2) is 28.9 Å². The first-order chi connectivity index (χ1) is 9.51. The molecule has 0 atom stereocenters. The molecule has 8 heteroatoms. The molecule has 0 aliphatic heterocycles. The van der Waals surface area contributed by atoms with Crippen molar-refractivity contribution in [1.29, 1.82) is 0 Å². The molecule has 0 saturated heterocycles. The number of nitro groups is 1. The van der Waals surface area contributed by atoms with Crippen LogP contribution in [0.1, 0.15) is 5.56 Å². The quantitative estimate of drug-likeness (QED) is 0.627. The Morgan fingerprint density at radius 1 is 1.40 bits per heavy atom. The molecule has 7 nitrogen and oxygen atoms in total. The third kappa shape index (κ3) is 3.02. The number of nitro benzene ring substituents is 1. The van der Waals surface area contributed by atoms with Gasteiger partial charge < -0.3 is 9.47 Å². The summed E-state index contributed by atoms with van der Waals surface area (Å²) >= 11 is 3.23. The highest BCUT2D eigenvalue weighted by molar-refractivity contribution is 9.10. The molecule has 0 unspecified atom stereocenters. The Kier molecular flexibility index (Phi) is 4.14. The minimum Gasteiger partial charge on any atom is -0.480 e. The highest BCUT2D eigenvalue weighted by atomic mass is 79.9. The molecule has 104 valence electrons. The van der Waals surface area contributed by atoms with Crippen LogP contribution >= 0.6 is 15.9 Å². The third-order valence-electron chi connectivity index (χ3n) is 2.47. The predicted octanol–water partition coefficient (Wildman–Crippen LogP) is 3.26. The van der Waals surface area contributed by atoms with Gasteiger partial charge in [0.1, 0.15) is 5.75 Å². The van der Waals surface area contributed by atoms with Crippen LogP contribution in [-0.4, -0.2) is 22.0 Å². The number of aromatic nitrogens is 2. The molecule has 2 rings (SSSR count). The van der Waals surface area contributed by atoms with Crippen LogP contribution in [0.5, 0.6) is 17.6 Å². The molecule has 0 radical (unpaired) electrons. The van der Waals surface area contributed by atoms with E-state index in [1.807, 2.05) is 0 Å². The van der Waals surface area contributed by atoms with E-state index >= 15 is 0 Å². The van der Waals surface area contributed by atoms with Gasteiger partial charge in [-0.3, -0.25) is 10.1 Å². The lowest BCUT2D eigenvalue weighted by Crippen LogP contribution is -1.97. The van der Waals surface area contributed by atoms with Gasteiger partial charge in [0.25, 0.3) is 5.69 Å². The summed E-state index contributed by atoms with van der Waals surface area (Å²) in [6.07, 6.45) is 1.48. The summed E-state index contributed by atoms with van der Waals surface area (Å²) in [5.41, 5.74) is 0.677. The average Bonchev–Trinajstić information content (AvgIpc) is 2.43. The van der Waals surface area contributed by atoms with Crippen molar-refractivity contribution < 1.29 is 14.4 Å². The monoisotopic (exact) mass is 339 g/mol. The molecule has 0 saturated carbocycles. The summed E-state index contributed by atoms with van der Waals surface area (Å²) in [5.74, 6) is 0.640. The van der Waals surface area contributed by atoms with E-state index in [0.29, 0.717) is 16.1 Å². The molecule has 2 aromatic rings. The van der Waals surface area contributed by atoms with Crippen molar-refractivity contribution in [2.24, 2.45) is 0 Å². The fourth-order valence-corrected chi connectivity index (χ4v) is 1.79. The molecular weight excluding hydrogens is 330 g/mol. The summed E-state index contributed by atoms with van der Waals surface area (Å²) in [6, 6.07) is 4.38. The molecule has 0 amide bonds. The minimum absolute atomic E-state index is 0.0497. The first kappa shape index (κ1) is 14.2. The Morgan fingerprint density at radius 2 is 2.15 bits per heavy atom. The average molecular weight is 340 g/mol. The van der Waals surface area contributed by atoms with Crippen molar-refractivity contribution >= 4 is 21.6 Å². The summed E-state index contributed by atoms with van der Waals surface area (Å²) in [5, 5.41) is 10.8. The number of methoxy groups -OCH3 is 1. The van der Waals surface area contributed by atoms with Gasteiger partial charge in [0, 0.05) is 6.07 Å². The number of aryl methyl sites for hydroxylation is 1. The van der Waals surface area contributed by atoms with Gasteiger partial charge in [0.15, 0.2) is 0 Å². The summed E-state index contributed by atoms with van der Waals surface area (Å²) in [7, 11) is 1.47. The van der Waals surface area contributed by atoms with E-state index in [1.54, 1.807) is 13.0 Å². The van der Waals surface area contributed by atoms with E-state index in [-0.39, 0.29) is 11.7 Å². The number of benzene rings is 1. The molecule has 20 heavy (non-hydrogen) atoms. The summed E-state index contributed by atoms with van der Waals surface area (Å²) in [4.78, 5) is 18.3. The standard InChI is InChI=1S/C12H10BrN3O4/c1-7-3-4-8(16(17)18)5-10(7)20-12-14-6-9(13)11(15-12)19-2/h3-6H,1-2H3. The van der Waals surface area contributed by atoms with E-state index in [4.69, 9.17) is 9.47 Å². The maximum absolute atomic E-state index is 10.8. The number of ether oxygens (including phenoxy) is 2. The van der Waals surface area contributed by atoms with Crippen LogP contribution < -0.4 is 9.47 Å². The smallest absolute Gasteiger partial charge is 0.325 e. The van der Waals surface area contributed by atoms with E-state index in [0.717, 1.165) is 5.56 Å². The second kappa shape index (κ2) is 5.83. The van der Waals surface area contributed by atoms with Crippen molar-refractivity contribution in [3.8, 4) is 17.6 Å². The summed E-state index contributed by atoms with van der Waals surface area (Å²) in [6.45, 7) is 1.77. The molecule has 0 aliphatic rings. The van der Waals surface area contributed by atoms with Crippen molar-refractivity contribution in [1.82, 2.24) is 9.97 Å². The maximum Gasteiger partial charge on any atom is 0.325 e. The van der Waals surface area contributed by atoms with E-state index in [9.17, 15) is 10.1 Å². The molecule has 0 fully saturated rings. The second-order valence-corrected chi connectivity index (χ2v) is 4.67. The van der Waals surface area contributed by atoms with E-state index in [1.165, 1.54) is 25.4 Å². The molecule has 1 aromatic carbocycles. The number of hydrogen-bond donors (Lipinski definition) is 0. The highest BCUT2D eigenvalue weighted by Crippen LogP contribution is 2.29. The van der Waals surface area contributed by atoms with Crippen LogP contribution in [0, 0.1) is 17.0 Å². The number of nitrogens with zero attached hydrogens (tertiary/aromatic N) is 3. The van der Waals surface area contributed by atoms with Crippen LogP contribution in [0.2, 0.25) is 0 Å². The molecule has 0 bridgehead atoms. The van der Waals surface area contributed by atoms with Gasteiger partial charge >= 0.3 is 6.01 Å². The fourth-order valence-electron chi connectivity index (χ4n) is 1.44. The van der Waals surface area contributed by atoms with Gasteiger partial charge in [-0.15, -0.1) is 0 Å². The number of non-ortho nitro benzene ring substituents is 1. The molecule has 1 aromatic heterocycles. The minimum atomic E-state index is -0.491. The second-order valence-electron chi connectivity index (χ2n) is 3.82. The lowest BCUT2D eigenvalue weighted by molar-refractivity contribution is -0.384. The fraction of sp³-hybridized carbons (Fsp3) is 0.167. The van der Waals surface area contributed by atoms with Crippen LogP contribution in [0.25, 0.3) is 0 Å². The summed E-state index contributed by atoms with van der Waals surface area (Å²) < 4.78 is 11.1. The van der Waals surface area contributed by atoms with Crippen LogP contribution in [0.4, 0.5) is 5.69 Å². The van der Waals surface area contributed by atoms with Gasteiger partial charge in [-0.1, -0.05) is 0 Å². The zero-order chi connectivity index (χ0) is 14.7. The van der Waals surface area contributed by atoms with Crippen LogP contribution in [-0.2, 0) is 0 Å². The SMILES string of the molecule is COc1nc(Oc2cc([N+](=O)[O-])ccc2C)ncc1Br. The van der Waals surface area contributed by atoms with E-state index < -0.39 is 4.92 Å². The van der Waals surface area contributed by atoms with Gasteiger partial charge in [-0.25, -0.2) is 4.98 Å². The Morgan fingerprint density at radius 3 is 2.80 bits per heavy atom. The van der Waals surface area contributed by atoms with Crippen molar-refractivity contribution in [3.05, 3.63) is 44.5 Å². The van der Waals surface area contributed by atoms with E-state index in [2.05, 4.69) is 25.9 Å². The lowest BCUT2D eigenvalue weighted by atomic mass is 10.2. The number of rotatable bonds is 4. The molecule has 0 aliphatic carbocycles. The maximum atomic E-state index is 10.8. The lowest BCUT2D eigenvalue weighted by Gasteiger charge is -2.08. The first-order valence-electron chi connectivity index (χ1n) is 5.50. The van der Waals surface area contributed by atoms with Gasteiger partial charge in [0.05, 0.1) is 28.8 Å². The molecular formula is C12H10BrN3O4. The van der Waals surface area contributed by atoms with Crippen molar-refractivity contribution in [2.75, 3.05) is 7.11 Å². The van der Waals surface area contributed by atoms with Crippen LogP contribution in [0.3, 0.4) is 0 Å². The molecule has 0 spiro atoms. The topological polar surface area (TPSA) is 87.4 Å². The van der Waals surface area contributed by atoms with Crippen molar-refractivity contribution in [2.45, 2.75) is 6.92 Å². The Hall–Kier alpha value is -2.22. The van der Waals surface area contributed by atoms with Gasteiger partial charge in [-0.05, 0) is 34.5 Å². The Balaban J connectivity index is 2.34. The zero-order valence-electron chi connectivity index (χ0n) is 10.7. The molecule has 0 N–H and O–H groups in total. The largest absolute Gasteiger partial charge is 0.480 e. The van der Waals surface area contributed by atoms with Crippen molar-refractivity contribution in [3.63, 3.8) is 0 Å². The highest BCUT2D eigenvalue weighted by Gasteiger charge is 2.13. The normalized spacial score (nSPS) is 10.2. The number of hydrogen-bond acceptors (Lipinski definition) is 6. The third-order valence-corrected chi connectivity index (χ3v) is 3.01.